The third kappa shape index (κ3) is 4.31. The lowest BCUT2D eigenvalue weighted by molar-refractivity contribution is -0.116. The van der Waals surface area contributed by atoms with Crippen molar-refractivity contribution < 1.29 is 9.53 Å². The highest BCUT2D eigenvalue weighted by molar-refractivity contribution is 7.12. The third-order valence-corrected chi connectivity index (χ3v) is 5.29. The molecular weight excluding hydrogens is 332 g/mol. The summed E-state index contributed by atoms with van der Waals surface area (Å²) in [6, 6.07) is 10.1. The van der Waals surface area contributed by atoms with E-state index < -0.39 is 0 Å². The normalized spacial score (nSPS) is 11.3. The minimum atomic E-state index is -0.0621. The Bertz CT molecular complexity index is 892. The maximum absolute atomic E-state index is 12.0. The molecule has 130 valence electrons. The van der Waals surface area contributed by atoms with Gasteiger partial charge in [-0.3, -0.25) is 4.79 Å². The summed E-state index contributed by atoms with van der Waals surface area (Å²) in [5, 5.41) is 4.10. The van der Waals surface area contributed by atoms with E-state index in [4.69, 9.17) is 4.74 Å². The number of benzene rings is 1. The largest absolute Gasteiger partial charge is 0.497 e. The lowest BCUT2D eigenvalue weighted by Crippen LogP contribution is -2.23. The second-order valence-electron chi connectivity index (χ2n) is 5.76. The van der Waals surface area contributed by atoms with Crippen molar-refractivity contribution in [3.05, 3.63) is 57.9 Å². The molecule has 0 saturated heterocycles. The number of nitrogens with one attached hydrogen (secondary N) is 2. The number of aryl methyl sites for hydroxylation is 1. The van der Waals surface area contributed by atoms with Crippen molar-refractivity contribution in [3.8, 4) is 5.75 Å². The van der Waals surface area contributed by atoms with Crippen LogP contribution in [0.1, 0.15) is 22.2 Å². The predicted molar refractivity (Wildman–Crippen MR) is 104 cm³/mol. The van der Waals surface area contributed by atoms with Crippen LogP contribution < -0.4 is 10.1 Å². The average molecular weight is 354 g/mol. The number of hydrogen-bond donors (Lipinski definition) is 2. The number of amides is 1. The number of hydrogen-bond acceptors (Lipinski definition) is 3. The first-order valence-corrected chi connectivity index (χ1v) is 9.20. The van der Waals surface area contributed by atoms with E-state index in [2.05, 4.69) is 23.3 Å². The minimum absolute atomic E-state index is 0.0621. The topological polar surface area (TPSA) is 54.1 Å². The molecule has 0 aliphatic carbocycles. The third-order valence-electron chi connectivity index (χ3n) is 4.10. The molecule has 1 amide bonds. The maximum Gasteiger partial charge on any atom is 0.244 e. The van der Waals surface area contributed by atoms with Gasteiger partial charge in [-0.15, -0.1) is 11.3 Å². The van der Waals surface area contributed by atoms with Crippen LogP contribution in [0.5, 0.6) is 5.75 Å². The molecule has 0 atom stereocenters. The van der Waals surface area contributed by atoms with E-state index in [0.29, 0.717) is 6.54 Å². The highest BCUT2D eigenvalue weighted by Gasteiger charge is 2.05. The number of ether oxygens (including phenoxy) is 1. The van der Waals surface area contributed by atoms with Crippen LogP contribution in [0.15, 0.2) is 42.6 Å². The maximum atomic E-state index is 12.0. The Morgan fingerprint density at radius 3 is 2.96 bits per heavy atom. The summed E-state index contributed by atoms with van der Waals surface area (Å²) < 4.78 is 5.23. The molecule has 0 fully saturated rings. The van der Waals surface area contributed by atoms with Crippen LogP contribution in [0.4, 0.5) is 0 Å². The molecule has 2 N–H and O–H groups in total. The molecule has 25 heavy (non-hydrogen) atoms. The molecule has 3 rings (SSSR count). The quantitative estimate of drug-likeness (QED) is 0.626. The summed E-state index contributed by atoms with van der Waals surface area (Å²) in [5.74, 6) is 0.770. The van der Waals surface area contributed by atoms with Gasteiger partial charge in [-0.05, 0) is 48.7 Å². The molecule has 2 aromatic heterocycles. The lowest BCUT2D eigenvalue weighted by Gasteiger charge is -2.03. The monoisotopic (exact) mass is 354 g/mol. The van der Waals surface area contributed by atoms with Gasteiger partial charge in [0.15, 0.2) is 0 Å². The molecule has 0 aliphatic heterocycles. The van der Waals surface area contributed by atoms with Crippen LogP contribution in [-0.2, 0) is 17.6 Å². The first-order chi connectivity index (χ1) is 12.2. The number of carbonyl (C=O) groups excluding carboxylic acids is 1. The van der Waals surface area contributed by atoms with E-state index in [1.807, 2.05) is 36.5 Å². The summed E-state index contributed by atoms with van der Waals surface area (Å²) >= 11 is 1.72. The van der Waals surface area contributed by atoms with Gasteiger partial charge in [0.05, 0.1) is 7.11 Å². The number of thiophene rings is 1. The number of fused-ring (bicyclic) bond motifs is 1. The van der Waals surface area contributed by atoms with E-state index in [1.165, 1.54) is 10.4 Å². The lowest BCUT2D eigenvalue weighted by atomic mass is 10.1. The van der Waals surface area contributed by atoms with Crippen molar-refractivity contribution in [1.82, 2.24) is 10.3 Å². The Morgan fingerprint density at radius 1 is 1.32 bits per heavy atom. The fourth-order valence-corrected chi connectivity index (χ4v) is 3.57. The molecule has 0 spiro atoms. The van der Waals surface area contributed by atoms with Crippen molar-refractivity contribution in [2.45, 2.75) is 19.8 Å². The summed E-state index contributed by atoms with van der Waals surface area (Å²) in [6.45, 7) is 2.74. The Hall–Kier alpha value is -2.53. The van der Waals surface area contributed by atoms with Crippen LogP contribution in [0.25, 0.3) is 17.0 Å². The van der Waals surface area contributed by atoms with Crippen molar-refractivity contribution >= 4 is 34.2 Å². The summed E-state index contributed by atoms with van der Waals surface area (Å²) in [5.41, 5.74) is 2.23. The molecular formula is C20H22N2O2S. The van der Waals surface area contributed by atoms with E-state index >= 15 is 0 Å². The van der Waals surface area contributed by atoms with Crippen LogP contribution >= 0.6 is 11.3 Å². The fourth-order valence-electron chi connectivity index (χ4n) is 2.71. The first-order valence-electron chi connectivity index (χ1n) is 8.38. The molecule has 1 aromatic carbocycles. The van der Waals surface area contributed by atoms with Crippen molar-refractivity contribution in [3.63, 3.8) is 0 Å². The zero-order valence-electron chi connectivity index (χ0n) is 14.5. The first kappa shape index (κ1) is 17.3. The number of rotatable bonds is 7. The Morgan fingerprint density at radius 2 is 2.20 bits per heavy atom. The van der Waals surface area contributed by atoms with E-state index in [-0.39, 0.29) is 5.91 Å². The van der Waals surface area contributed by atoms with Gasteiger partial charge in [0.2, 0.25) is 5.91 Å². The Labute approximate surface area is 151 Å². The average Bonchev–Trinajstić information content (AvgIpc) is 3.26. The number of aromatic nitrogens is 1. The minimum Gasteiger partial charge on any atom is -0.497 e. The van der Waals surface area contributed by atoms with Gasteiger partial charge in [0.25, 0.3) is 0 Å². The zero-order valence-corrected chi connectivity index (χ0v) is 15.3. The van der Waals surface area contributed by atoms with Crippen LogP contribution in [0.2, 0.25) is 0 Å². The number of aromatic amines is 1. The van der Waals surface area contributed by atoms with E-state index in [1.54, 1.807) is 24.5 Å². The molecule has 0 aliphatic rings. The molecule has 5 heteroatoms. The smallest absolute Gasteiger partial charge is 0.244 e. The standard InChI is InChI=1S/C20H22N2O2S/c1-3-16-5-6-17(25-16)7-9-20(23)21-11-10-14-13-22-19-12-15(24-2)4-8-18(14)19/h4-9,12-13,22H,3,10-11H2,1-2H3,(H,21,23)/b9-7+. The van der Waals surface area contributed by atoms with Crippen LogP contribution in [0.3, 0.4) is 0 Å². The molecule has 4 nitrogen and oxygen atoms in total. The van der Waals surface area contributed by atoms with Gasteiger partial charge in [-0.1, -0.05) is 6.92 Å². The van der Waals surface area contributed by atoms with Gasteiger partial charge in [0.1, 0.15) is 5.75 Å². The van der Waals surface area contributed by atoms with Crippen LogP contribution in [-0.4, -0.2) is 24.5 Å². The summed E-state index contributed by atoms with van der Waals surface area (Å²) in [6.07, 6.45) is 7.28. The Kier molecular flexibility index (Phi) is 5.56. The fraction of sp³-hybridized carbons (Fsp3) is 0.250. The van der Waals surface area contributed by atoms with E-state index in [0.717, 1.165) is 34.4 Å². The molecule has 0 radical (unpaired) electrons. The molecule has 3 aromatic rings. The molecule has 0 saturated carbocycles. The van der Waals surface area contributed by atoms with Gasteiger partial charge >= 0.3 is 0 Å². The second-order valence-corrected chi connectivity index (χ2v) is 6.96. The van der Waals surface area contributed by atoms with Crippen LogP contribution in [0, 0.1) is 0 Å². The summed E-state index contributed by atoms with van der Waals surface area (Å²) in [4.78, 5) is 17.6. The number of carbonyl (C=O) groups is 1. The van der Waals surface area contributed by atoms with E-state index in [9.17, 15) is 4.79 Å². The van der Waals surface area contributed by atoms with Crippen molar-refractivity contribution in [2.24, 2.45) is 0 Å². The zero-order chi connectivity index (χ0) is 17.6. The number of H-pyrrole nitrogens is 1. The molecule has 2 heterocycles. The predicted octanol–water partition coefficient (Wildman–Crippen LogP) is 4.17. The summed E-state index contributed by atoms with van der Waals surface area (Å²) in [7, 11) is 1.66. The van der Waals surface area contributed by atoms with Gasteiger partial charge in [-0.25, -0.2) is 0 Å². The van der Waals surface area contributed by atoms with Crippen molar-refractivity contribution in [2.75, 3.05) is 13.7 Å². The SMILES string of the molecule is CCc1ccc(/C=C/C(=O)NCCc2c[nH]c3cc(OC)ccc23)s1. The molecule has 0 bridgehead atoms. The van der Waals surface area contributed by atoms with Gasteiger partial charge in [0, 0.05) is 45.5 Å². The Balaban J connectivity index is 1.53. The highest BCUT2D eigenvalue weighted by atomic mass is 32.1. The number of methoxy groups -OCH3 is 1. The van der Waals surface area contributed by atoms with Gasteiger partial charge < -0.3 is 15.0 Å². The van der Waals surface area contributed by atoms with Gasteiger partial charge in [-0.2, -0.15) is 0 Å². The van der Waals surface area contributed by atoms with Crippen molar-refractivity contribution in [1.29, 1.82) is 0 Å². The highest BCUT2D eigenvalue weighted by Crippen LogP contribution is 2.23. The second kappa shape index (κ2) is 8.03. The molecule has 0 unspecified atom stereocenters.